The van der Waals surface area contributed by atoms with Crippen LogP contribution in [0.3, 0.4) is 0 Å². The highest BCUT2D eigenvalue weighted by Gasteiger charge is 2.30. The number of aliphatic imine (C=N–C) groups is 1. The molecule has 0 saturated carbocycles. The number of nitrogens with zero attached hydrogens (tertiary/aromatic N) is 1. The molecule has 0 aliphatic rings. The van der Waals surface area contributed by atoms with Gasteiger partial charge in [-0.2, -0.15) is 8.42 Å². The Bertz CT molecular complexity index is 2420. The minimum atomic E-state index is -4.93. The number of unbranched alkanes of at least 4 members (excludes halogenated alkanes) is 1. The van der Waals surface area contributed by atoms with Gasteiger partial charge in [0.25, 0.3) is 0 Å². The maximum atomic E-state index is 13.1. The largest absolute Gasteiger partial charge is 0.478 e. The molecule has 0 aromatic rings. The number of nitrogens with two attached hydrogens (primary N) is 2. The van der Waals surface area contributed by atoms with E-state index in [0.29, 0.717) is 19.4 Å². The van der Waals surface area contributed by atoms with Gasteiger partial charge < -0.3 is 72.7 Å². The number of hydrogen-bond acceptors (Lipinski definition) is 17. The van der Waals surface area contributed by atoms with Crippen LogP contribution >= 0.6 is 0 Å². The van der Waals surface area contributed by atoms with E-state index in [2.05, 4.69) is 4.99 Å². The number of carbonyl (C=O) groups is 2. The SMILES string of the molecule is C\C(=C/C=C/C=C/CC/C=C/C(C)C(O)C(C)C(O)/C=C/C=C/C=C/C=C/C=C/C=C/CCC(OS(=O)(=O)O)C(C)C(=O)CC(O)CC(O)/C=C/CC(O)CC(O)/C=C/CC(O)CC(O)CC(O)/C=C/CC(O)CC(O)CCCN=C(N)N)C(=O)O. The first-order valence-electron chi connectivity index (χ1n) is 29.2. The number of rotatable bonds is 48. The van der Waals surface area contributed by atoms with E-state index in [0.717, 1.165) is 12.8 Å². The lowest BCUT2D eigenvalue weighted by Gasteiger charge is -2.25. The number of allylic oxidation sites excluding steroid dienone is 17. The zero-order chi connectivity index (χ0) is 64.9. The molecule has 0 saturated heterocycles. The van der Waals surface area contributed by atoms with Crippen LogP contribution in [0.1, 0.15) is 124 Å². The van der Waals surface area contributed by atoms with Crippen molar-refractivity contribution >= 4 is 28.1 Å². The number of carboxylic acid groups (broad SMARTS) is 1. The monoisotopic (exact) mass is 1230 g/mol. The lowest BCUT2D eigenvalue weighted by molar-refractivity contribution is -0.132. The van der Waals surface area contributed by atoms with Crippen LogP contribution in [0, 0.1) is 17.8 Å². The van der Waals surface area contributed by atoms with Gasteiger partial charge in [0.05, 0.1) is 73.2 Å². The highest BCUT2D eigenvalue weighted by Crippen LogP contribution is 2.22. The van der Waals surface area contributed by atoms with Crippen LogP contribution in [0.2, 0.25) is 0 Å². The number of hydrogen-bond donors (Lipinski definition) is 15. The van der Waals surface area contributed by atoms with Crippen molar-refractivity contribution in [3.05, 3.63) is 157 Å². The molecule has 486 valence electrons. The Morgan fingerprint density at radius 3 is 1.50 bits per heavy atom. The maximum absolute atomic E-state index is 13.1. The second kappa shape index (κ2) is 48.5. The predicted octanol–water partition coefficient (Wildman–Crippen LogP) is 5.45. The highest BCUT2D eigenvalue weighted by molar-refractivity contribution is 7.80. The molecule has 0 aliphatic carbocycles. The van der Waals surface area contributed by atoms with Crippen LogP contribution in [0.15, 0.2) is 162 Å². The van der Waals surface area contributed by atoms with E-state index in [9.17, 15) is 78.7 Å². The van der Waals surface area contributed by atoms with E-state index in [1.807, 2.05) is 31.2 Å². The number of guanidine groups is 1. The van der Waals surface area contributed by atoms with Crippen molar-refractivity contribution in [2.24, 2.45) is 34.2 Å². The summed E-state index contributed by atoms with van der Waals surface area (Å²) >= 11 is 0. The van der Waals surface area contributed by atoms with Gasteiger partial charge in [-0.1, -0.05) is 173 Å². The number of aliphatic hydroxyl groups excluding tert-OH is 11. The van der Waals surface area contributed by atoms with E-state index in [1.165, 1.54) is 50.3 Å². The van der Waals surface area contributed by atoms with Gasteiger partial charge in [0.1, 0.15) is 5.78 Å². The number of aliphatic hydroxyl groups is 11. The van der Waals surface area contributed by atoms with Gasteiger partial charge in [-0.05, 0) is 77.6 Å². The minimum absolute atomic E-state index is 0.0242. The van der Waals surface area contributed by atoms with Gasteiger partial charge in [0.15, 0.2) is 5.96 Å². The lowest BCUT2D eigenvalue weighted by atomic mass is 9.88. The normalized spacial score (nSPS) is 18.9. The van der Waals surface area contributed by atoms with Crippen molar-refractivity contribution in [1.29, 1.82) is 0 Å². The minimum Gasteiger partial charge on any atom is -0.478 e. The summed E-state index contributed by atoms with van der Waals surface area (Å²) in [6.45, 7) is 6.97. The molecule has 0 bridgehead atoms. The number of carboxylic acids is 1. The molecule has 0 rings (SSSR count). The van der Waals surface area contributed by atoms with E-state index in [4.69, 9.17) is 20.8 Å². The molecule has 21 nitrogen and oxygen atoms in total. The van der Waals surface area contributed by atoms with Gasteiger partial charge in [-0.3, -0.25) is 14.3 Å². The van der Waals surface area contributed by atoms with E-state index in [-0.39, 0.29) is 81.7 Å². The van der Waals surface area contributed by atoms with Crippen LogP contribution in [0.25, 0.3) is 0 Å². The molecule has 0 aromatic heterocycles. The third-order valence-corrected chi connectivity index (χ3v) is 13.8. The highest BCUT2D eigenvalue weighted by atomic mass is 32.3. The number of aliphatic carboxylic acids is 1. The Labute approximate surface area is 509 Å². The molecule has 0 radical (unpaired) electrons. The van der Waals surface area contributed by atoms with Crippen molar-refractivity contribution < 1.29 is 88.0 Å². The van der Waals surface area contributed by atoms with Crippen molar-refractivity contribution in [3.63, 3.8) is 0 Å². The number of Topliss-reactive ketones (excluding diaryl/α,β-unsaturated/α-hetero) is 1. The fraction of sp³-hybridized carbons (Fsp3) is 0.547. The standard InChI is InChI=1S/C64H101N3O18S/c1-46(28-20-16-12-11-13-17-21-29-47(2)63(80)81)62(79)49(4)59(77)37-22-18-14-9-7-5-6-8-10-15-19-23-38-61(85-86(82,83)84)48(3)60(78)45-58(76)44-55(73)35-26-31-51(69)40-50(68)30-24-33-53(71)42-57(75)43-54(72)34-25-32-52(70)41-56(74)36-27-39-67-64(65)66/h5-11,13-15,17-22,24-26,28-30,34-35,37,46,48-59,61-62,68-77,79H,12,16,23,27,31-33,36,38-45H2,1-4H3,(H,80,81)(H4,65,66,67)(H,82,83,84)/b6-5+,9-7+,10-8+,13-11+,18-14+,19-15+,21-17+,28-20+,30-24+,34-25+,35-26+,37-22+,47-29+. The van der Waals surface area contributed by atoms with Gasteiger partial charge in [-0.15, -0.1) is 0 Å². The van der Waals surface area contributed by atoms with Crippen LogP contribution in [0.5, 0.6) is 0 Å². The van der Waals surface area contributed by atoms with Gasteiger partial charge in [-0.25, -0.2) is 8.98 Å². The van der Waals surface area contributed by atoms with Crippen LogP contribution in [-0.4, -0.2) is 172 Å². The van der Waals surface area contributed by atoms with Crippen molar-refractivity contribution in [2.45, 2.75) is 197 Å². The second-order valence-electron chi connectivity index (χ2n) is 21.4. The lowest BCUT2D eigenvalue weighted by Crippen LogP contribution is -2.33. The predicted molar refractivity (Wildman–Crippen MR) is 336 cm³/mol. The van der Waals surface area contributed by atoms with Crippen LogP contribution in [0.4, 0.5) is 0 Å². The van der Waals surface area contributed by atoms with Gasteiger partial charge in [0.2, 0.25) is 0 Å². The van der Waals surface area contributed by atoms with Gasteiger partial charge in [0, 0.05) is 55.6 Å². The van der Waals surface area contributed by atoms with Crippen molar-refractivity contribution in [2.75, 3.05) is 6.54 Å². The van der Waals surface area contributed by atoms with E-state index >= 15 is 0 Å². The fourth-order valence-electron chi connectivity index (χ4n) is 8.27. The molecule has 0 fully saturated rings. The summed E-state index contributed by atoms with van der Waals surface area (Å²) in [6.07, 6.45) is 32.2. The zero-order valence-electron chi connectivity index (χ0n) is 50.3. The first-order valence-corrected chi connectivity index (χ1v) is 30.6. The summed E-state index contributed by atoms with van der Waals surface area (Å²) in [5, 5.41) is 123. The average Bonchev–Trinajstić information content (AvgIpc) is 3.61. The molecule has 15 atom stereocenters. The fourth-order valence-corrected chi connectivity index (χ4v) is 8.85. The molecule has 86 heavy (non-hydrogen) atoms. The van der Waals surface area contributed by atoms with E-state index < -0.39 is 114 Å². The maximum Gasteiger partial charge on any atom is 0.397 e. The average molecular weight is 1230 g/mol. The smallest absolute Gasteiger partial charge is 0.397 e. The summed E-state index contributed by atoms with van der Waals surface area (Å²) in [5.41, 5.74) is 10.8. The summed E-state index contributed by atoms with van der Waals surface area (Å²) in [6, 6.07) is 0. The number of ketones is 1. The first kappa shape index (κ1) is 80.5. The molecule has 17 N–H and O–H groups in total. The quantitative estimate of drug-likeness (QED) is 0.00684. The third-order valence-electron chi connectivity index (χ3n) is 13.3. The second-order valence-corrected chi connectivity index (χ2v) is 22.4. The zero-order valence-corrected chi connectivity index (χ0v) is 51.1. The molecule has 0 heterocycles. The Hall–Kier alpha value is -5.54. The Balaban J connectivity index is 4.75. The van der Waals surface area contributed by atoms with Crippen LogP contribution in [-0.2, 0) is 24.2 Å². The van der Waals surface area contributed by atoms with Gasteiger partial charge >= 0.3 is 16.4 Å². The summed E-state index contributed by atoms with van der Waals surface area (Å²) < 4.78 is 37.5. The Morgan fingerprint density at radius 1 is 0.523 bits per heavy atom. The van der Waals surface area contributed by atoms with Crippen LogP contribution < -0.4 is 11.5 Å². The topological polar surface area (TPSA) is 405 Å². The molecule has 0 aromatic carbocycles. The molecular weight excluding hydrogens is 1130 g/mol. The third kappa shape index (κ3) is 45.7. The number of carbonyl (C=O) groups excluding carboxylic acids is 1. The van der Waals surface area contributed by atoms with Crippen molar-refractivity contribution in [3.8, 4) is 0 Å². The summed E-state index contributed by atoms with van der Waals surface area (Å²) in [7, 11) is -4.93. The summed E-state index contributed by atoms with van der Waals surface area (Å²) in [5.74, 6) is -3.21. The molecule has 0 amide bonds. The van der Waals surface area contributed by atoms with E-state index in [1.54, 1.807) is 98.1 Å². The molecule has 0 aliphatic heterocycles. The first-order chi connectivity index (χ1) is 40.6. The Morgan fingerprint density at radius 2 is 0.977 bits per heavy atom. The summed E-state index contributed by atoms with van der Waals surface area (Å²) in [4.78, 5) is 27.7. The van der Waals surface area contributed by atoms with Crippen molar-refractivity contribution in [1.82, 2.24) is 0 Å². The molecule has 0 spiro atoms. The molecule has 15 unspecified atom stereocenters. The molecule has 22 heteroatoms. The molecular formula is C64H101N3O18S. The Kier molecular flexibility index (Phi) is 45.3.